The minimum absolute atomic E-state index is 0.321. The average Bonchev–Trinajstić information content (AvgIpc) is 2.55. The Hall–Kier alpha value is -1.71. The summed E-state index contributed by atoms with van der Waals surface area (Å²) >= 11 is 0. The maximum absolute atomic E-state index is 6.20. The molecule has 3 heteroatoms. The third kappa shape index (κ3) is 4.15. The zero-order valence-corrected chi connectivity index (χ0v) is 13.2. The van der Waals surface area contributed by atoms with E-state index >= 15 is 0 Å². The van der Waals surface area contributed by atoms with Crippen molar-refractivity contribution < 1.29 is 4.74 Å². The zero-order chi connectivity index (χ0) is 15.2. The molecule has 1 N–H and O–H groups in total. The first kappa shape index (κ1) is 15.2. The van der Waals surface area contributed by atoms with E-state index in [-0.39, 0.29) is 0 Å². The molecule has 0 bridgehead atoms. The molecular formula is C19H24N2O. The molecule has 0 saturated carbocycles. The summed E-state index contributed by atoms with van der Waals surface area (Å²) in [6.45, 7) is 4.88. The number of rotatable bonds is 5. The topological polar surface area (TPSA) is 34.1 Å². The lowest BCUT2D eigenvalue weighted by Gasteiger charge is -2.32. The molecule has 1 aromatic carbocycles. The number of pyridine rings is 1. The normalized spacial score (nSPS) is 21.7. The van der Waals surface area contributed by atoms with Gasteiger partial charge in [0, 0.05) is 24.9 Å². The standard InChI is InChI=1S/C19H24N2O/c1-15-4-2-5-16(10-15)11-18-13-21-9-7-19(18)22-14-17-6-3-8-20-12-17/h2-6,8,10,12,18-19,21H,7,9,11,13-14H2,1H3/t18-,19+/m0/s1. The van der Waals surface area contributed by atoms with E-state index in [1.165, 1.54) is 11.1 Å². The summed E-state index contributed by atoms with van der Waals surface area (Å²) in [5.74, 6) is 0.534. The number of ether oxygens (including phenoxy) is 1. The third-order valence-corrected chi connectivity index (χ3v) is 4.31. The highest BCUT2D eigenvalue weighted by molar-refractivity contribution is 5.23. The van der Waals surface area contributed by atoms with Crippen molar-refractivity contribution in [3.63, 3.8) is 0 Å². The van der Waals surface area contributed by atoms with Crippen molar-refractivity contribution in [1.82, 2.24) is 10.3 Å². The molecule has 0 aliphatic carbocycles. The second-order valence-electron chi connectivity index (χ2n) is 6.16. The minimum Gasteiger partial charge on any atom is -0.373 e. The lowest BCUT2D eigenvalue weighted by atomic mass is 9.89. The summed E-state index contributed by atoms with van der Waals surface area (Å²) in [7, 11) is 0. The van der Waals surface area contributed by atoms with Crippen LogP contribution in [0, 0.1) is 12.8 Å². The van der Waals surface area contributed by atoms with Gasteiger partial charge in [0.1, 0.15) is 0 Å². The van der Waals surface area contributed by atoms with Crippen molar-refractivity contribution in [2.45, 2.75) is 32.5 Å². The molecule has 0 unspecified atom stereocenters. The molecule has 1 fully saturated rings. The molecule has 2 aromatic rings. The maximum Gasteiger partial charge on any atom is 0.0735 e. The van der Waals surface area contributed by atoms with Crippen LogP contribution in [0.15, 0.2) is 48.8 Å². The van der Waals surface area contributed by atoms with Crippen molar-refractivity contribution in [1.29, 1.82) is 0 Å². The second-order valence-corrected chi connectivity index (χ2v) is 6.16. The Morgan fingerprint density at radius 1 is 1.23 bits per heavy atom. The quantitative estimate of drug-likeness (QED) is 0.920. The first-order chi connectivity index (χ1) is 10.8. The van der Waals surface area contributed by atoms with Crippen LogP contribution in [0.25, 0.3) is 0 Å². The number of aromatic nitrogens is 1. The first-order valence-corrected chi connectivity index (χ1v) is 8.08. The molecule has 3 rings (SSSR count). The van der Waals surface area contributed by atoms with Gasteiger partial charge in [0.05, 0.1) is 12.7 Å². The molecule has 0 radical (unpaired) electrons. The van der Waals surface area contributed by atoms with Crippen LogP contribution in [0.3, 0.4) is 0 Å². The van der Waals surface area contributed by atoms with Crippen LogP contribution >= 0.6 is 0 Å². The first-order valence-electron chi connectivity index (χ1n) is 8.08. The molecule has 0 spiro atoms. The minimum atomic E-state index is 0.321. The third-order valence-electron chi connectivity index (χ3n) is 4.31. The van der Waals surface area contributed by atoms with Gasteiger partial charge in [-0.2, -0.15) is 0 Å². The Kier molecular flexibility index (Phi) is 5.20. The maximum atomic E-state index is 6.20. The number of nitrogens with zero attached hydrogens (tertiary/aromatic N) is 1. The van der Waals surface area contributed by atoms with E-state index in [1.54, 1.807) is 6.20 Å². The summed E-state index contributed by atoms with van der Waals surface area (Å²) < 4.78 is 6.20. The molecule has 116 valence electrons. The van der Waals surface area contributed by atoms with Gasteiger partial charge in [-0.25, -0.2) is 0 Å². The number of piperidine rings is 1. The fourth-order valence-corrected chi connectivity index (χ4v) is 3.15. The van der Waals surface area contributed by atoms with E-state index < -0.39 is 0 Å². The molecule has 22 heavy (non-hydrogen) atoms. The van der Waals surface area contributed by atoms with Gasteiger partial charge in [-0.3, -0.25) is 4.98 Å². The molecule has 1 saturated heterocycles. The Labute approximate surface area is 132 Å². The number of aryl methyl sites for hydroxylation is 1. The van der Waals surface area contributed by atoms with E-state index in [0.29, 0.717) is 18.6 Å². The van der Waals surface area contributed by atoms with Crippen LogP contribution < -0.4 is 5.32 Å². The van der Waals surface area contributed by atoms with E-state index in [2.05, 4.69) is 47.6 Å². The van der Waals surface area contributed by atoms with Gasteiger partial charge in [0.25, 0.3) is 0 Å². The molecule has 0 amide bonds. The van der Waals surface area contributed by atoms with Gasteiger partial charge < -0.3 is 10.1 Å². The lowest BCUT2D eigenvalue weighted by molar-refractivity contribution is -0.0152. The molecule has 3 nitrogen and oxygen atoms in total. The van der Waals surface area contributed by atoms with Crippen molar-refractivity contribution >= 4 is 0 Å². The summed E-state index contributed by atoms with van der Waals surface area (Å²) in [6.07, 6.45) is 6.16. The van der Waals surface area contributed by atoms with Crippen LogP contribution in [0.1, 0.15) is 23.1 Å². The van der Waals surface area contributed by atoms with Crippen molar-refractivity contribution in [2.75, 3.05) is 13.1 Å². The Morgan fingerprint density at radius 3 is 2.95 bits per heavy atom. The van der Waals surface area contributed by atoms with Gasteiger partial charge in [0.15, 0.2) is 0 Å². The van der Waals surface area contributed by atoms with Crippen LogP contribution in [-0.2, 0) is 17.8 Å². The van der Waals surface area contributed by atoms with Gasteiger partial charge in [-0.05, 0) is 43.5 Å². The predicted octanol–water partition coefficient (Wildman–Crippen LogP) is 3.13. The SMILES string of the molecule is Cc1cccc(C[C@H]2CNCC[C@H]2OCc2cccnc2)c1. The Balaban J connectivity index is 1.61. The molecule has 2 atom stereocenters. The van der Waals surface area contributed by atoms with Crippen LogP contribution in [-0.4, -0.2) is 24.2 Å². The van der Waals surface area contributed by atoms with E-state index in [1.807, 2.05) is 12.3 Å². The van der Waals surface area contributed by atoms with Gasteiger partial charge in [-0.15, -0.1) is 0 Å². The number of benzene rings is 1. The molecular weight excluding hydrogens is 272 g/mol. The number of hydrogen-bond donors (Lipinski definition) is 1. The largest absolute Gasteiger partial charge is 0.373 e. The molecule has 1 aromatic heterocycles. The van der Waals surface area contributed by atoms with E-state index in [4.69, 9.17) is 4.74 Å². The van der Waals surface area contributed by atoms with Gasteiger partial charge in [0.2, 0.25) is 0 Å². The highest BCUT2D eigenvalue weighted by atomic mass is 16.5. The van der Waals surface area contributed by atoms with Crippen molar-refractivity contribution in [3.8, 4) is 0 Å². The van der Waals surface area contributed by atoms with Crippen LogP contribution in [0.4, 0.5) is 0 Å². The molecule has 1 aliphatic heterocycles. The smallest absolute Gasteiger partial charge is 0.0735 e. The van der Waals surface area contributed by atoms with Crippen LogP contribution in [0.5, 0.6) is 0 Å². The Bertz CT molecular complexity index is 585. The van der Waals surface area contributed by atoms with Gasteiger partial charge >= 0.3 is 0 Å². The number of nitrogens with one attached hydrogen (secondary N) is 1. The summed E-state index contributed by atoms with van der Waals surface area (Å²) in [6, 6.07) is 12.8. The zero-order valence-electron chi connectivity index (χ0n) is 13.2. The fraction of sp³-hybridized carbons (Fsp3) is 0.421. The molecule has 2 heterocycles. The Morgan fingerprint density at radius 2 is 2.14 bits per heavy atom. The fourth-order valence-electron chi connectivity index (χ4n) is 3.15. The van der Waals surface area contributed by atoms with Crippen LogP contribution in [0.2, 0.25) is 0 Å². The van der Waals surface area contributed by atoms with E-state index in [9.17, 15) is 0 Å². The summed E-state index contributed by atoms with van der Waals surface area (Å²) in [5, 5.41) is 3.51. The van der Waals surface area contributed by atoms with Gasteiger partial charge in [-0.1, -0.05) is 35.9 Å². The summed E-state index contributed by atoms with van der Waals surface area (Å²) in [4.78, 5) is 4.15. The number of hydrogen-bond acceptors (Lipinski definition) is 3. The predicted molar refractivity (Wildman–Crippen MR) is 88.7 cm³/mol. The lowest BCUT2D eigenvalue weighted by Crippen LogP contribution is -2.42. The monoisotopic (exact) mass is 296 g/mol. The highest BCUT2D eigenvalue weighted by Crippen LogP contribution is 2.21. The second kappa shape index (κ2) is 7.52. The van der Waals surface area contributed by atoms with Crippen molar-refractivity contribution in [2.24, 2.45) is 5.92 Å². The summed E-state index contributed by atoms with van der Waals surface area (Å²) in [5.41, 5.74) is 3.88. The average molecular weight is 296 g/mol. The van der Waals surface area contributed by atoms with E-state index in [0.717, 1.165) is 31.5 Å². The molecule has 1 aliphatic rings. The highest BCUT2D eigenvalue weighted by Gasteiger charge is 2.25. The van der Waals surface area contributed by atoms with Crippen molar-refractivity contribution in [3.05, 3.63) is 65.5 Å².